The third kappa shape index (κ3) is 8.16. The second-order valence-electron chi connectivity index (χ2n) is 11.4. The molecule has 1 saturated heterocycles. The lowest BCUT2D eigenvalue weighted by Gasteiger charge is -2.37. The van der Waals surface area contributed by atoms with Crippen LogP contribution in [0.5, 0.6) is 5.75 Å². The van der Waals surface area contributed by atoms with Crippen LogP contribution in [0.4, 0.5) is 18.9 Å². The van der Waals surface area contributed by atoms with E-state index in [0.29, 0.717) is 17.4 Å². The average molecular weight is 651 g/mol. The predicted molar refractivity (Wildman–Crippen MR) is 177 cm³/mol. The number of aliphatic imine (C=N–C) groups is 1. The number of carbonyl (C=O) groups is 1. The lowest BCUT2D eigenvalue weighted by atomic mass is 9.99. The molecule has 8 nitrogen and oxygen atoms in total. The highest BCUT2D eigenvalue weighted by Gasteiger charge is 2.31. The highest BCUT2D eigenvalue weighted by atomic mass is 32.2. The Morgan fingerprint density at radius 3 is 2.48 bits per heavy atom. The van der Waals surface area contributed by atoms with Gasteiger partial charge in [-0.2, -0.15) is 4.99 Å². The number of ether oxygens (including phenoxy) is 1. The number of amides is 1. The molecule has 242 valence electrons. The van der Waals surface area contributed by atoms with Crippen molar-refractivity contribution >= 4 is 28.5 Å². The number of benzene rings is 3. The molecule has 46 heavy (non-hydrogen) atoms. The largest absolute Gasteiger partial charge is 0.573 e. The SMILES string of the molecule is CCC(NCC(=O)N=C1SCCC(C)N1c1ccccc1C(C)C)c1ccc(-c2ncn(-c3ccc(OC(F)(F)F)cc3)n2)cc1. The number of para-hydroxylation sites is 1. The molecule has 0 radical (unpaired) electrons. The van der Waals surface area contributed by atoms with Crippen molar-refractivity contribution in [1.82, 2.24) is 20.1 Å². The van der Waals surface area contributed by atoms with Gasteiger partial charge >= 0.3 is 6.36 Å². The number of aromatic nitrogens is 3. The summed E-state index contributed by atoms with van der Waals surface area (Å²) in [6, 6.07) is 21.7. The molecule has 1 amide bonds. The fraction of sp³-hybridized carbons (Fsp3) is 0.353. The van der Waals surface area contributed by atoms with Crippen LogP contribution >= 0.6 is 11.8 Å². The van der Waals surface area contributed by atoms with Crippen LogP contribution in [0.2, 0.25) is 0 Å². The second-order valence-corrected chi connectivity index (χ2v) is 12.4. The summed E-state index contributed by atoms with van der Waals surface area (Å²) in [7, 11) is 0. The van der Waals surface area contributed by atoms with Gasteiger partial charge in [-0.25, -0.2) is 9.67 Å². The van der Waals surface area contributed by atoms with Crippen LogP contribution < -0.4 is 15.0 Å². The Balaban J connectivity index is 1.23. The van der Waals surface area contributed by atoms with Crippen molar-refractivity contribution in [2.24, 2.45) is 4.99 Å². The highest BCUT2D eigenvalue weighted by Crippen LogP contribution is 2.35. The summed E-state index contributed by atoms with van der Waals surface area (Å²) in [4.78, 5) is 24.3. The molecule has 3 aromatic carbocycles. The maximum atomic E-state index is 13.1. The van der Waals surface area contributed by atoms with Crippen LogP contribution in [0.3, 0.4) is 0 Å². The van der Waals surface area contributed by atoms with Gasteiger partial charge in [0.15, 0.2) is 11.0 Å². The summed E-state index contributed by atoms with van der Waals surface area (Å²) in [5, 5.41) is 8.59. The van der Waals surface area contributed by atoms with E-state index in [9.17, 15) is 18.0 Å². The number of hydrogen-bond acceptors (Lipinski definition) is 6. The Kier molecular flexibility index (Phi) is 10.5. The first-order chi connectivity index (χ1) is 22.0. The number of carbonyl (C=O) groups excluding carboxylic acids is 1. The molecule has 1 fully saturated rings. The lowest BCUT2D eigenvalue weighted by molar-refractivity contribution is -0.274. The van der Waals surface area contributed by atoms with Gasteiger partial charge < -0.3 is 15.0 Å². The van der Waals surface area contributed by atoms with E-state index in [1.54, 1.807) is 11.8 Å². The molecule has 2 heterocycles. The Morgan fingerprint density at radius 2 is 1.80 bits per heavy atom. The van der Waals surface area contributed by atoms with Crippen molar-refractivity contribution in [2.45, 2.75) is 64.9 Å². The van der Waals surface area contributed by atoms with Gasteiger partial charge in [0.05, 0.1) is 12.2 Å². The van der Waals surface area contributed by atoms with Crippen molar-refractivity contribution in [3.8, 4) is 22.8 Å². The molecule has 1 aliphatic heterocycles. The number of rotatable bonds is 10. The predicted octanol–water partition coefficient (Wildman–Crippen LogP) is 7.91. The lowest BCUT2D eigenvalue weighted by Crippen LogP contribution is -2.42. The van der Waals surface area contributed by atoms with Crippen LogP contribution in [0.15, 0.2) is 84.1 Å². The number of alkyl halides is 3. The summed E-state index contributed by atoms with van der Waals surface area (Å²) in [5.74, 6) is 1.21. The first-order valence-corrected chi connectivity index (χ1v) is 16.2. The van der Waals surface area contributed by atoms with E-state index < -0.39 is 6.36 Å². The number of anilines is 1. The molecule has 12 heteroatoms. The number of nitrogens with zero attached hydrogens (tertiary/aromatic N) is 5. The summed E-state index contributed by atoms with van der Waals surface area (Å²) in [5.41, 5.74) is 4.68. The van der Waals surface area contributed by atoms with Gasteiger partial charge in [-0.1, -0.05) is 75.0 Å². The smallest absolute Gasteiger partial charge is 0.406 e. The van der Waals surface area contributed by atoms with Gasteiger partial charge in [0.25, 0.3) is 5.91 Å². The molecule has 2 unspecified atom stereocenters. The first kappa shape index (κ1) is 33.2. The molecule has 1 N–H and O–H groups in total. The van der Waals surface area contributed by atoms with E-state index in [1.165, 1.54) is 40.8 Å². The quantitative estimate of drug-likeness (QED) is 0.187. The highest BCUT2D eigenvalue weighted by molar-refractivity contribution is 8.14. The maximum Gasteiger partial charge on any atom is 0.573 e. The number of amidine groups is 1. The third-order valence-corrected chi connectivity index (χ3v) is 8.74. The standard InChI is InChI=1S/C34H37F3N6O2S/c1-5-29(38-20-31(44)40-33-43(23(4)18-19-46-33)30-9-7-6-8-28(30)22(2)3)24-10-12-25(13-11-24)32-39-21-42(41-32)26-14-16-27(17-15-26)45-34(35,36)37/h6-17,21-23,29,38H,5,18-20H2,1-4H3. The van der Waals surface area contributed by atoms with Crippen LogP contribution in [-0.2, 0) is 4.79 Å². The normalized spacial score (nSPS) is 17.0. The molecule has 0 saturated carbocycles. The number of hydrogen-bond donors (Lipinski definition) is 1. The van der Waals surface area contributed by atoms with Gasteiger partial charge in [-0.3, -0.25) is 4.79 Å². The molecule has 0 aliphatic carbocycles. The second kappa shape index (κ2) is 14.5. The van der Waals surface area contributed by atoms with E-state index >= 15 is 0 Å². The van der Waals surface area contributed by atoms with E-state index in [0.717, 1.165) is 40.6 Å². The van der Waals surface area contributed by atoms with Crippen LogP contribution in [0, 0.1) is 0 Å². The van der Waals surface area contributed by atoms with Gasteiger partial charge in [-0.15, -0.1) is 18.3 Å². The fourth-order valence-corrected chi connectivity index (χ4v) is 6.59. The molecule has 2 atom stereocenters. The van der Waals surface area contributed by atoms with Gasteiger partial charge in [0.1, 0.15) is 12.1 Å². The monoisotopic (exact) mass is 650 g/mol. The molecule has 0 spiro atoms. The van der Waals surface area contributed by atoms with Gasteiger partial charge in [-0.05, 0) is 67.1 Å². The number of thioether (sulfide) groups is 1. The Bertz CT molecular complexity index is 1650. The van der Waals surface area contributed by atoms with Crippen LogP contribution in [-0.4, -0.2) is 50.5 Å². The Morgan fingerprint density at radius 1 is 1.09 bits per heavy atom. The van der Waals surface area contributed by atoms with E-state index in [1.807, 2.05) is 30.3 Å². The molecular formula is C34H37F3N6O2S. The Labute approximate surface area is 271 Å². The third-order valence-electron chi connectivity index (χ3n) is 7.76. The molecule has 5 rings (SSSR count). The van der Waals surface area contributed by atoms with E-state index in [2.05, 4.69) is 75.9 Å². The topological polar surface area (TPSA) is 84.6 Å². The number of nitrogens with one attached hydrogen (secondary N) is 1. The zero-order valence-corrected chi connectivity index (χ0v) is 27.0. The van der Waals surface area contributed by atoms with Crippen LogP contribution in [0.25, 0.3) is 17.1 Å². The fourth-order valence-electron chi connectivity index (χ4n) is 5.37. The minimum atomic E-state index is -4.75. The zero-order valence-electron chi connectivity index (χ0n) is 26.2. The van der Waals surface area contributed by atoms with Crippen molar-refractivity contribution in [1.29, 1.82) is 0 Å². The average Bonchev–Trinajstić information content (AvgIpc) is 3.52. The van der Waals surface area contributed by atoms with Gasteiger partial charge in [0, 0.05) is 29.1 Å². The summed E-state index contributed by atoms with van der Waals surface area (Å²) < 4.78 is 42.8. The molecular weight excluding hydrogens is 613 g/mol. The maximum absolute atomic E-state index is 13.1. The molecule has 1 aromatic heterocycles. The van der Waals surface area contributed by atoms with Gasteiger partial charge in [0.2, 0.25) is 0 Å². The zero-order chi connectivity index (χ0) is 32.8. The molecule has 4 aromatic rings. The van der Waals surface area contributed by atoms with Crippen molar-refractivity contribution < 1.29 is 22.7 Å². The first-order valence-electron chi connectivity index (χ1n) is 15.3. The number of halogens is 3. The van der Waals surface area contributed by atoms with Crippen molar-refractivity contribution in [2.75, 3.05) is 17.2 Å². The van der Waals surface area contributed by atoms with Crippen molar-refractivity contribution in [3.63, 3.8) is 0 Å². The minimum absolute atomic E-state index is 0.0585. The summed E-state index contributed by atoms with van der Waals surface area (Å²) in [6.45, 7) is 8.70. The molecule has 1 aliphatic rings. The van der Waals surface area contributed by atoms with Crippen molar-refractivity contribution in [3.05, 3.63) is 90.3 Å². The van der Waals surface area contributed by atoms with E-state index in [-0.39, 0.29) is 30.3 Å². The minimum Gasteiger partial charge on any atom is -0.406 e. The summed E-state index contributed by atoms with van der Waals surface area (Å²) in [6.07, 6.45) is -1.47. The molecule has 0 bridgehead atoms. The van der Waals surface area contributed by atoms with E-state index in [4.69, 9.17) is 0 Å². The van der Waals surface area contributed by atoms with Crippen LogP contribution in [0.1, 0.15) is 63.6 Å². The Hall–Kier alpha value is -4.16. The summed E-state index contributed by atoms with van der Waals surface area (Å²) >= 11 is 1.62.